The summed E-state index contributed by atoms with van der Waals surface area (Å²) in [5, 5.41) is 12.6. The maximum absolute atomic E-state index is 14.0. The number of aromatic nitrogens is 1. The van der Waals surface area contributed by atoms with Crippen molar-refractivity contribution in [2.75, 3.05) is 0 Å². The van der Waals surface area contributed by atoms with Crippen LogP contribution in [0, 0.1) is 11.3 Å². The predicted octanol–water partition coefficient (Wildman–Crippen LogP) is 5.42. The molecule has 0 bridgehead atoms. The molecule has 0 unspecified atom stereocenters. The molecule has 196 valence electrons. The van der Waals surface area contributed by atoms with Crippen molar-refractivity contribution in [3.8, 4) is 6.07 Å². The number of halogens is 1. The van der Waals surface area contributed by atoms with Gasteiger partial charge in [-0.05, 0) is 84.6 Å². The van der Waals surface area contributed by atoms with Crippen LogP contribution in [-0.4, -0.2) is 23.6 Å². The molecule has 7 nitrogen and oxygen atoms in total. The molecule has 1 aliphatic carbocycles. The first-order valence-corrected chi connectivity index (χ1v) is 14.2. The summed E-state index contributed by atoms with van der Waals surface area (Å²) in [7, 11) is -3.94. The van der Waals surface area contributed by atoms with Crippen LogP contribution in [0.5, 0.6) is 0 Å². The van der Waals surface area contributed by atoms with Crippen LogP contribution in [0.3, 0.4) is 0 Å². The molecule has 5 rings (SSSR count). The maximum atomic E-state index is 14.0. The van der Waals surface area contributed by atoms with Gasteiger partial charge in [0.05, 0.1) is 34.3 Å². The van der Waals surface area contributed by atoms with Gasteiger partial charge in [0.25, 0.3) is 5.91 Å². The Labute approximate surface area is 232 Å². The van der Waals surface area contributed by atoms with E-state index in [4.69, 9.17) is 16.9 Å². The second kappa shape index (κ2) is 11.0. The van der Waals surface area contributed by atoms with E-state index in [-0.39, 0.29) is 17.3 Å². The Kier molecular flexibility index (Phi) is 7.49. The molecular weight excluding hydrogens is 532 g/mol. The van der Waals surface area contributed by atoms with Gasteiger partial charge < -0.3 is 5.32 Å². The molecule has 1 heterocycles. The Hall–Kier alpha value is -4.03. The fourth-order valence-electron chi connectivity index (χ4n) is 4.60. The highest BCUT2D eigenvalue weighted by atomic mass is 35.5. The van der Waals surface area contributed by atoms with Crippen molar-refractivity contribution in [2.24, 2.45) is 0 Å². The quantitative estimate of drug-likeness (QED) is 0.296. The highest BCUT2D eigenvalue weighted by Crippen LogP contribution is 2.53. The van der Waals surface area contributed by atoms with Crippen LogP contribution in [0.2, 0.25) is 5.02 Å². The third kappa shape index (κ3) is 5.71. The van der Waals surface area contributed by atoms with E-state index in [1.165, 1.54) is 28.6 Å². The van der Waals surface area contributed by atoms with E-state index in [0.29, 0.717) is 41.2 Å². The number of sulfonamides is 1. The summed E-state index contributed by atoms with van der Waals surface area (Å²) in [6.07, 6.45) is 2.91. The summed E-state index contributed by atoms with van der Waals surface area (Å²) in [5.41, 5.74) is 2.42. The lowest BCUT2D eigenvalue weighted by Gasteiger charge is -2.31. The number of carbonyl (C=O) groups is 1. The van der Waals surface area contributed by atoms with E-state index < -0.39 is 15.6 Å². The summed E-state index contributed by atoms with van der Waals surface area (Å²) in [4.78, 5) is 17.2. The molecule has 1 N–H and O–H groups in total. The van der Waals surface area contributed by atoms with Crippen molar-refractivity contribution in [1.29, 1.82) is 5.26 Å². The van der Waals surface area contributed by atoms with Crippen LogP contribution in [0.15, 0.2) is 102 Å². The van der Waals surface area contributed by atoms with Crippen LogP contribution < -0.4 is 5.32 Å². The summed E-state index contributed by atoms with van der Waals surface area (Å²) < 4.78 is 29.4. The number of amides is 1. The molecule has 1 aliphatic rings. The molecule has 3 aromatic carbocycles. The van der Waals surface area contributed by atoms with Gasteiger partial charge in [0.15, 0.2) is 0 Å². The molecule has 39 heavy (non-hydrogen) atoms. The Morgan fingerprint density at radius 2 is 1.74 bits per heavy atom. The minimum absolute atomic E-state index is 0.0883. The fourth-order valence-corrected chi connectivity index (χ4v) is 6.60. The number of pyridine rings is 1. The van der Waals surface area contributed by atoms with Gasteiger partial charge in [-0.1, -0.05) is 41.9 Å². The smallest absolute Gasteiger partial charge is 0.251 e. The topological polar surface area (TPSA) is 103 Å². The lowest BCUT2D eigenvalue weighted by atomic mass is 10.0. The minimum atomic E-state index is -3.94. The van der Waals surface area contributed by atoms with Crippen molar-refractivity contribution in [1.82, 2.24) is 14.6 Å². The standard InChI is InChI=1S/C30H25ClN4O3S/c31-26-5-3-4-23(18-26)20-34-29(36)24-9-11-25(12-10-24)30(15-16-30)35(21-27-6-1-2-17-33-27)39(37,38)28-13-7-22(19-32)8-14-28/h1-14,17-18H,15-16,20-21H2,(H,34,36). The summed E-state index contributed by atoms with van der Waals surface area (Å²) in [6, 6.07) is 27.7. The summed E-state index contributed by atoms with van der Waals surface area (Å²) in [5.74, 6) is -0.234. The largest absolute Gasteiger partial charge is 0.348 e. The Bertz CT molecular complexity index is 1630. The molecule has 4 aromatic rings. The van der Waals surface area contributed by atoms with Crippen molar-refractivity contribution in [3.63, 3.8) is 0 Å². The molecule has 0 spiro atoms. The summed E-state index contributed by atoms with van der Waals surface area (Å²) >= 11 is 6.03. The zero-order valence-electron chi connectivity index (χ0n) is 20.9. The van der Waals surface area contributed by atoms with Crippen molar-refractivity contribution in [3.05, 3.63) is 130 Å². The average Bonchev–Trinajstić information content (AvgIpc) is 3.77. The number of carbonyl (C=O) groups excluding carboxylic acids is 1. The number of rotatable bonds is 9. The zero-order chi connectivity index (χ0) is 27.5. The minimum Gasteiger partial charge on any atom is -0.348 e. The van der Waals surface area contributed by atoms with Gasteiger partial charge in [-0.25, -0.2) is 8.42 Å². The molecule has 1 amide bonds. The lowest BCUT2D eigenvalue weighted by molar-refractivity contribution is 0.0950. The Morgan fingerprint density at radius 3 is 2.36 bits per heavy atom. The number of hydrogen-bond donors (Lipinski definition) is 1. The molecule has 1 fully saturated rings. The first kappa shape index (κ1) is 26.6. The number of hydrogen-bond acceptors (Lipinski definition) is 5. The van der Waals surface area contributed by atoms with Gasteiger partial charge in [0.1, 0.15) is 0 Å². The molecule has 0 atom stereocenters. The van der Waals surface area contributed by atoms with Gasteiger partial charge in [0.2, 0.25) is 10.0 Å². The fraction of sp³-hybridized carbons (Fsp3) is 0.167. The van der Waals surface area contributed by atoms with Crippen LogP contribution in [-0.2, 0) is 28.7 Å². The third-order valence-corrected chi connectivity index (χ3v) is 8.99. The van der Waals surface area contributed by atoms with Gasteiger partial charge >= 0.3 is 0 Å². The van der Waals surface area contributed by atoms with Gasteiger partial charge in [-0.2, -0.15) is 9.57 Å². The van der Waals surface area contributed by atoms with Gasteiger partial charge in [0, 0.05) is 23.3 Å². The maximum Gasteiger partial charge on any atom is 0.251 e. The van der Waals surface area contributed by atoms with Crippen molar-refractivity contribution < 1.29 is 13.2 Å². The van der Waals surface area contributed by atoms with E-state index in [9.17, 15) is 13.2 Å². The third-order valence-electron chi connectivity index (χ3n) is 6.83. The second-order valence-corrected chi connectivity index (χ2v) is 11.7. The molecule has 9 heteroatoms. The number of nitrogens with one attached hydrogen (secondary N) is 1. The molecule has 0 radical (unpaired) electrons. The molecule has 1 saturated carbocycles. The summed E-state index contributed by atoms with van der Waals surface area (Å²) in [6.45, 7) is 0.427. The SMILES string of the molecule is N#Cc1ccc(S(=O)(=O)N(Cc2ccccn2)C2(c3ccc(C(=O)NCc4cccc(Cl)c4)cc3)CC2)cc1. The molecule has 1 aromatic heterocycles. The van der Waals surface area contributed by atoms with E-state index in [0.717, 1.165) is 11.1 Å². The predicted molar refractivity (Wildman–Crippen MR) is 148 cm³/mol. The van der Waals surface area contributed by atoms with Crippen LogP contribution in [0.1, 0.15) is 45.6 Å². The first-order valence-electron chi connectivity index (χ1n) is 12.4. The van der Waals surface area contributed by atoms with Crippen LogP contribution >= 0.6 is 11.6 Å². The highest BCUT2D eigenvalue weighted by Gasteiger charge is 2.54. The van der Waals surface area contributed by atoms with Crippen LogP contribution in [0.25, 0.3) is 0 Å². The van der Waals surface area contributed by atoms with E-state index in [1.54, 1.807) is 42.6 Å². The molecule has 0 saturated heterocycles. The van der Waals surface area contributed by atoms with Gasteiger partial charge in [-0.15, -0.1) is 0 Å². The Morgan fingerprint density at radius 1 is 1.00 bits per heavy atom. The van der Waals surface area contributed by atoms with Crippen LogP contribution in [0.4, 0.5) is 0 Å². The first-order chi connectivity index (χ1) is 18.8. The second-order valence-electron chi connectivity index (χ2n) is 9.39. The lowest BCUT2D eigenvalue weighted by Crippen LogP contribution is -2.40. The van der Waals surface area contributed by atoms with E-state index in [2.05, 4.69) is 10.3 Å². The van der Waals surface area contributed by atoms with Crippen molar-refractivity contribution in [2.45, 2.75) is 36.4 Å². The highest BCUT2D eigenvalue weighted by molar-refractivity contribution is 7.89. The monoisotopic (exact) mass is 556 g/mol. The van der Waals surface area contributed by atoms with Crippen molar-refractivity contribution >= 4 is 27.5 Å². The number of nitriles is 1. The Balaban J connectivity index is 1.42. The normalized spacial score (nSPS) is 14.0. The average molecular weight is 557 g/mol. The molecular formula is C30H25ClN4O3S. The zero-order valence-corrected chi connectivity index (χ0v) is 22.5. The number of benzene rings is 3. The van der Waals surface area contributed by atoms with Gasteiger partial charge in [-0.3, -0.25) is 9.78 Å². The molecule has 0 aliphatic heterocycles. The van der Waals surface area contributed by atoms with E-state index >= 15 is 0 Å². The number of nitrogens with zero attached hydrogens (tertiary/aromatic N) is 3. The van der Waals surface area contributed by atoms with E-state index in [1.807, 2.05) is 36.4 Å².